The maximum Gasteiger partial charge on any atom is 0.322 e. The summed E-state index contributed by atoms with van der Waals surface area (Å²) in [6.45, 7) is 4.20. The fraction of sp³-hybridized carbons (Fsp3) is 0.261. The average molecular weight is 438 g/mol. The summed E-state index contributed by atoms with van der Waals surface area (Å²) in [7, 11) is 3.11. The molecule has 1 aliphatic rings. The number of amides is 2. The number of halogens is 1. The van der Waals surface area contributed by atoms with Crippen molar-refractivity contribution in [2.75, 3.05) is 20.8 Å². The lowest BCUT2D eigenvalue weighted by Crippen LogP contribution is -2.45. The molecule has 0 radical (unpaired) electrons. The molecule has 1 N–H and O–H groups in total. The topological polar surface area (TPSA) is 89.7 Å². The first-order valence-corrected chi connectivity index (χ1v) is 10.1. The number of rotatable bonds is 6. The van der Waals surface area contributed by atoms with Gasteiger partial charge in [0.1, 0.15) is 5.82 Å². The average Bonchev–Trinajstić information content (AvgIpc) is 3.28. The molecule has 0 fully saturated rings. The van der Waals surface area contributed by atoms with E-state index in [1.807, 2.05) is 19.9 Å². The Morgan fingerprint density at radius 3 is 2.50 bits per heavy atom. The van der Waals surface area contributed by atoms with Gasteiger partial charge < -0.3 is 19.3 Å². The fourth-order valence-corrected chi connectivity index (χ4v) is 3.77. The lowest BCUT2D eigenvalue weighted by Gasteiger charge is -2.34. The number of nitrogens with one attached hydrogen (secondary N) is 1. The van der Waals surface area contributed by atoms with E-state index >= 15 is 0 Å². The van der Waals surface area contributed by atoms with Gasteiger partial charge in [0.25, 0.3) is 5.89 Å². The van der Waals surface area contributed by atoms with Crippen LogP contribution >= 0.6 is 0 Å². The Morgan fingerprint density at radius 1 is 1.12 bits per heavy atom. The molecule has 2 aromatic carbocycles. The van der Waals surface area contributed by atoms with Crippen molar-refractivity contribution >= 4 is 11.6 Å². The predicted octanol–water partition coefficient (Wildman–Crippen LogP) is 4.41. The molecule has 0 saturated carbocycles. The van der Waals surface area contributed by atoms with E-state index in [9.17, 15) is 9.18 Å². The summed E-state index contributed by atoms with van der Waals surface area (Å²) in [5, 5.41) is 7.08. The molecule has 1 aromatic heterocycles. The molecule has 3 aromatic rings. The van der Waals surface area contributed by atoms with Crippen molar-refractivity contribution in [3.8, 4) is 22.9 Å². The quantitative estimate of drug-likeness (QED) is 0.613. The third kappa shape index (κ3) is 3.77. The highest BCUT2D eigenvalue weighted by Gasteiger charge is 2.35. The highest BCUT2D eigenvalue weighted by molar-refractivity contribution is 5.87. The Morgan fingerprint density at radius 2 is 1.84 bits per heavy atom. The molecule has 166 valence electrons. The van der Waals surface area contributed by atoms with E-state index in [1.54, 1.807) is 43.4 Å². The Balaban J connectivity index is 1.81. The number of carbonyl (C=O) groups is 1. The molecular weight excluding hydrogens is 415 g/mol. The van der Waals surface area contributed by atoms with E-state index in [4.69, 9.17) is 14.0 Å². The van der Waals surface area contributed by atoms with Crippen molar-refractivity contribution in [2.45, 2.75) is 19.9 Å². The van der Waals surface area contributed by atoms with Crippen LogP contribution in [0.15, 0.2) is 52.7 Å². The van der Waals surface area contributed by atoms with Gasteiger partial charge in [-0.15, -0.1) is 0 Å². The second kappa shape index (κ2) is 8.70. The first kappa shape index (κ1) is 21.4. The van der Waals surface area contributed by atoms with Gasteiger partial charge in [-0.1, -0.05) is 11.2 Å². The summed E-state index contributed by atoms with van der Waals surface area (Å²) in [6, 6.07) is 10.5. The van der Waals surface area contributed by atoms with E-state index < -0.39 is 6.04 Å². The number of urea groups is 1. The van der Waals surface area contributed by atoms with Gasteiger partial charge in [0, 0.05) is 17.8 Å². The van der Waals surface area contributed by atoms with Crippen molar-refractivity contribution in [3.63, 3.8) is 0 Å². The molecule has 4 rings (SSSR count). The lowest BCUT2D eigenvalue weighted by molar-refractivity contribution is 0.207. The van der Waals surface area contributed by atoms with Gasteiger partial charge in [-0.25, -0.2) is 9.18 Å². The normalized spacial score (nSPS) is 16.2. The van der Waals surface area contributed by atoms with Gasteiger partial charge in [0.2, 0.25) is 5.82 Å². The minimum absolute atomic E-state index is 0.230. The highest BCUT2D eigenvalue weighted by atomic mass is 19.1. The van der Waals surface area contributed by atoms with Gasteiger partial charge in [0.05, 0.1) is 25.8 Å². The second-order valence-electron chi connectivity index (χ2n) is 7.17. The van der Waals surface area contributed by atoms with Crippen LogP contribution in [0.5, 0.6) is 11.5 Å². The van der Waals surface area contributed by atoms with Crippen LogP contribution in [-0.2, 0) is 0 Å². The minimum atomic E-state index is -0.549. The van der Waals surface area contributed by atoms with E-state index in [2.05, 4.69) is 15.5 Å². The molecule has 0 bridgehead atoms. The number of allylic oxidation sites excluding steroid dienone is 1. The fourth-order valence-electron chi connectivity index (χ4n) is 3.77. The van der Waals surface area contributed by atoms with Crippen molar-refractivity contribution in [3.05, 3.63) is 65.4 Å². The molecular formula is C23H23FN4O4. The highest BCUT2D eigenvalue weighted by Crippen LogP contribution is 2.39. The van der Waals surface area contributed by atoms with E-state index in [1.165, 1.54) is 12.1 Å². The van der Waals surface area contributed by atoms with E-state index in [0.717, 1.165) is 5.56 Å². The van der Waals surface area contributed by atoms with Crippen LogP contribution in [0.4, 0.5) is 9.18 Å². The smallest absolute Gasteiger partial charge is 0.322 e. The predicted molar refractivity (Wildman–Crippen MR) is 115 cm³/mol. The van der Waals surface area contributed by atoms with Gasteiger partial charge in [-0.3, -0.25) is 4.90 Å². The Labute approximate surface area is 184 Å². The molecule has 9 heteroatoms. The first-order chi connectivity index (χ1) is 15.5. The molecule has 0 saturated heterocycles. The SMILES string of the molecule is CCN1C(=O)NC(c2ccc(OC)c(OC)c2)C(c2nc(-c3ccc(F)cc3)no2)=C1C. The second-order valence-corrected chi connectivity index (χ2v) is 7.17. The molecule has 0 aliphatic carbocycles. The molecule has 1 atom stereocenters. The van der Waals surface area contributed by atoms with Crippen molar-refractivity contribution < 1.29 is 23.2 Å². The van der Waals surface area contributed by atoms with Crippen LogP contribution in [-0.4, -0.2) is 41.8 Å². The largest absolute Gasteiger partial charge is 0.493 e. The van der Waals surface area contributed by atoms with Crippen LogP contribution in [0.1, 0.15) is 31.3 Å². The van der Waals surface area contributed by atoms with E-state index in [-0.39, 0.29) is 17.7 Å². The molecule has 2 amide bonds. The van der Waals surface area contributed by atoms with Crippen LogP contribution in [0, 0.1) is 5.82 Å². The summed E-state index contributed by atoms with van der Waals surface area (Å²) in [5.74, 6) is 1.35. The summed E-state index contributed by atoms with van der Waals surface area (Å²) in [5.41, 5.74) is 2.75. The van der Waals surface area contributed by atoms with Crippen LogP contribution in [0.2, 0.25) is 0 Å². The number of ether oxygens (including phenoxy) is 2. The Bertz CT molecular complexity index is 1170. The summed E-state index contributed by atoms with van der Waals surface area (Å²) < 4.78 is 29.6. The molecule has 8 nitrogen and oxygen atoms in total. The number of benzene rings is 2. The van der Waals surface area contributed by atoms with Gasteiger partial charge in [-0.05, 0) is 55.8 Å². The van der Waals surface area contributed by atoms with Crippen molar-refractivity contribution in [2.24, 2.45) is 0 Å². The Hall–Kier alpha value is -3.88. The number of hydrogen-bond acceptors (Lipinski definition) is 6. The monoisotopic (exact) mass is 438 g/mol. The van der Waals surface area contributed by atoms with Gasteiger partial charge in [-0.2, -0.15) is 4.98 Å². The molecule has 2 heterocycles. The molecule has 1 aliphatic heterocycles. The van der Waals surface area contributed by atoms with Crippen molar-refractivity contribution in [1.82, 2.24) is 20.4 Å². The van der Waals surface area contributed by atoms with Crippen LogP contribution in [0.3, 0.4) is 0 Å². The summed E-state index contributed by atoms with van der Waals surface area (Å²) in [4.78, 5) is 18.9. The minimum Gasteiger partial charge on any atom is -0.493 e. The molecule has 0 spiro atoms. The maximum absolute atomic E-state index is 13.3. The number of nitrogens with zero attached hydrogens (tertiary/aromatic N) is 3. The number of carbonyl (C=O) groups excluding carboxylic acids is 1. The number of methoxy groups -OCH3 is 2. The van der Waals surface area contributed by atoms with Gasteiger partial charge in [0.15, 0.2) is 11.5 Å². The maximum atomic E-state index is 13.3. The number of aromatic nitrogens is 2. The standard InChI is InChI=1S/C23H23FN4O4/c1-5-28-13(2)19(22-26-21(27-32-22)14-6-9-16(24)10-7-14)20(25-23(28)29)15-8-11-17(30-3)18(12-15)31-4/h6-12,20H,5H2,1-4H3,(H,25,29). The summed E-state index contributed by atoms with van der Waals surface area (Å²) >= 11 is 0. The molecule has 1 unspecified atom stereocenters. The number of hydrogen-bond donors (Lipinski definition) is 1. The zero-order chi connectivity index (χ0) is 22.8. The van der Waals surface area contributed by atoms with Crippen LogP contribution in [0.25, 0.3) is 17.0 Å². The Kier molecular flexibility index (Phi) is 5.81. The van der Waals surface area contributed by atoms with Gasteiger partial charge >= 0.3 is 6.03 Å². The summed E-state index contributed by atoms with van der Waals surface area (Å²) in [6.07, 6.45) is 0. The van der Waals surface area contributed by atoms with Crippen molar-refractivity contribution in [1.29, 1.82) is 0 Å². The zero-order valence-electron chi connectivity index (χ0n) is 18.2. The molecule has 32 heavy (non-hydrogen) atoms. The third-order valence-electron chi connectivity index (χ3n) is 5.41. The third-order valence-corrected chi connectivity index (χ3v) is 5.41. The van der Waals surface area contributed by atoms with Crippen LogP contribution < -0.4 is 14.8 Å². The zero-order valence-corrected chi connectivity index (χ0v) is 18.2. The first-order valence-electron chi connectivity index (χ1n) is 10.1. The lowest BCUT2D eigenvalue weighted by atomic mass is 9.94. The van der Waals surface area contributed by atoms with E-state index in [0.29, 0.717) is 40.7 Å².